The van der Waals surface area contributed by atoms with Crippen molar-refractivity contribution in [3.05, 3.63) is 0 Å². The SMILES string of the molecule is O=C(O)CCC(=O)OC(C(=O)O)C(O)CCCO. The first-order valence-corrected chi connectivity index (χ1v) is 5.31. The van der Waals surface area contributed by atoms with Crippen molar-refractivity contribution in [1.82, 2.24) is 0 Å². The maximum atomic E-state index is 11.1. The molecule has 8 nitrogen and oxygen atoms in total. The average molecular weight is 264 g/mol. The molecule has 0 amide bonds. The second-order valence-electron chi connectivity index (χ2n) is 3.58. The summed E-state index contributed by atoms with van der Waals surface area (Å²) >= 11 is 0. The Hall–Kier alpha value is -1.67. The molecule has 2 unspecified atom stereocenters. The van der Waals surface area contributed by atoms with E-state index in [4.69, 9.17) is 15.3 Å². The summed E-state index contributed by atoms with van der Waals surface area (Å²) in [7, 11) is 0. The van der Waals surface area contributed by atoms with Gasteiger partial charge in [-0.05, 0) is 12.8 Å². The third-order valence-corrected chi connectivity index (χ3v) is 2.05. The van der Waals surface area contributed by atoms with Crippen LogP contribution in [0.15, 0.2) is 0 Å². The third kappa shape index (κ3) is 6.81. The highest BCUT2D eigenvalue weighted by Crippen LogP contribution is 2.09. The van der Waals surface area contributed by atoms with Crippen molar-refractivity contribution in [3.63, 3.8) is 0 Å². The van der Waals surface area contributed by atoms with E-state index in [9.17, 15) is 19.5 Å². The Labute approximate surface area is 103 Å². The van der Waals surface area contributed by atoms with Crippen molar-refractivity contribution < 1.29 is 39.5 Å². The van der Waals surface area contributed by atoms with E-state index in [0.29, 0.717) is 0 Å². The number of aliphatic carboxylic acids is 2. The molecule has 0 radical (unpaired) electrons. The topological polar surface area (TPSA) is 141 Å². The second-order valence-corrected chi connectivity index (χ2v) is 3.58. The zero-order chi connectivity index (χ0) is 14.1. The number of carbonyl (C=O) groups excluding carboxylic acids is 1. The van der Waals surface area contributed by atoms with Crippen molar-refractivity contribution in [2.24, 2.45) is 0 Å². The molecule has 0 aliphatic rings. The number of esters is 1. The number of aliphatic hydroxyl groups is 2. The first-order chi connectivity index (χ1) is 8.38. The third-order valence-electron chi connectivity index (χ3n) is 2.05. The van der Waals surface area contributed by atoms with Crippen molar-refractivity contribution in [1.29, 1.82) is 0 Å². The number of rotatable bonds is 9. The molecular formula is C10H16O8. The zero-order valence-corrected chi connectivity index (χ0v) is 9.61. The molecule has 0 spiro atoms. The van der Waals surface area contributed by atoms with Gasteiger partial charge in [-0.25, -0.2) is 4.79 Å². The fourth-order valence-electron chi connectivity index (χ4n) is 1.15. The van der Waals surface area contributed by atoms with Crippen LogP contribution in [0, 0.1) is 0 Å². The number of aliphatic hydroxyl groups excluding tert-OH is 2. The summed E-state index contributed by atoms with van der Waals surface area (Å²) in [6.07, 6.45) is -4.01. The van der Waals surface area contributed by atoms with Crippen LogP contribution >= 0.6 is 0 Å². The molecule has 0 saturated heterocycles. The van der Waals surface area contributed by atoms with Gasteiger partial charge in [-0.3, -0.25) is 9.59 Å². The molecule has 0 aliphatic carbocycles. The maximum absolute atomic E-state index is 11.1. The van der Waals surface area contributed by atoms with Gasteiger partial charge in [-0.1, -0.05) is 0 Å². The first kappa shape index (κ1) is 16.3. The molecule has 0 aliphatic heterocycles. The van der Waals surface area contributed by atoms with Crippen LogP contribution in [-0.2, 0) is 19.1 Å². The van der Waals surface area contributed by atoms with Crippen LogP contribution in [0.4, 0.5) is 0 Å². The highest BCUT2D eigenvalue weighted by atomic mass is 16.6. The molecule has 0 aromatic carbocycles. The van der Waals surface area contributed by atoms with Crippen molar-refractivity contribution in [3.8, 4) is 0 Å². The molecule has 0 fully saturated rings. The molecule has 104 valence electrons. The van der Waals surface area contributed by atoms with E-state index in [1.54, 1.807) is 0 Å². The normalized spacial score (nSPS) is 13.7. The molecule has 2 atom stereocenters. The van der Waals surface area contributed by atoms with Crippen molar-refractivity contribution >= 4 is 17.9 Å². The van der Waals surface area contributed by atoms with Crippen LogP contribution in [0.5, 0.6) is 0 Å². The van der Waals surface area contributed by atoms with Gasteiger partial charge in [0, 0.05) is 6.61 Å². The fraction of sp³-hybridized carbons (Fsp3) is 0.700. The minimum atomic E-state index is -1.75. The van der Waals surface area contributed by atoms with Gasteiger partial charge in [0.2, 0.25) is 6.10 Å². The molecule has 0 aromatic rings. The highest BCUT2D eigenvalue weighted by molar-refractivity contribution is 5.80. The Kier molecular flexibility index (Phi) is 7.64. The molecule has 0 aromatic heterocycles. The Morgan fingerprint density at radius 1 is 1.11 bits per heavy atom. The summed E-state index contributed by atoms with van der Waals surface area (Å²) in [5, 5.41) is 35.1. The largest absolute Gasteiger partial charge is 0.481 e. The lowest BCUT2D eigenvalue weighted by molar-refractivity contribution is -0.172. The van der Waals surface area contributed by atoms with E-state index in [1.165, 1.54) is 0 Å². The summed E-state index contributed by atoms with van der Waals surface area (Å²) in [6, 6.07) is 0. The number of hydrogen-bond donors (Lipinski definition) is 4. The molecule has 18 heavy (non-hydrogen) atoms. The lowest BCUT2D eigenvalue weighted by Crippen LogP contribution is -2.38. The average Bonchev–Trinajstić information content (AvgIpc) is 2.29. The van der Waals surface area contributed by atoms with Crippen LogP contribution in [0.1, 0.15) is 25.7 Å². The van der Waals surface area contributed by atoms with E-state index in [1.807, 2.05) is 0 Å². The lowest BCUT2D eigenvalue weighted by atomic mass is 10.1. The smallest absolute Gasteiger partial charge is 0.347 e. The van der Waals surface area contributed by atoms with Crippen LogP contribution in [0.3, 0.4) is 0 Å². The van der Waals surface area contributed by atoms with E-state index in [-0.39, 0.29) is 19.4 Å². The number of hydrogen-bond acceptors (Lipinski definition) is 6. The first-order valence-electron chi connectivity index (χ1n) is 5.31. The fourth-order valence-corrected chi connectivity index (χ4v) is 1.15. The molecule has 0 saturated carbocycles. The van der Waals surface area contributed by atoms with Crippen LogP contribution in [0.2, 0.25) is 0 Å². The van der Waals surface area contributed by atoms with Gasteiger partial charge in [0.15, 0.2) is 0 Å². The van der Waals surface area contributed by atoms with E-state index in [0.717, 1.165) is 0 Å². The quantitative estimate of drug-likeness (QED) is 0.388. The molecule has 0 heterocycles. The van der Waals surface area contributed by atoms with E-state index in [2.05, 4.69) is 4.74 Å². The van der Waals surface area contributed by atoms with Gasteiger partial charge in [-0.2, -0.15) is 0 Å². The molecular weight excluding hydrogens is 248 g/mol. The van der Waals surface area contributed by atoms with Crippen LogP contribution < -0.4 is 0 Å². The van der Waals surface area contributed by atoms with E-state index >= 15 is 0 Å². The minimum absolute atomic E-state index is 0.0420. The lowest BCUT2D eigenvalue weighted by Gasteiger charge is -2.19. The number of ether oxygens (including phenoxy) is 1. The Morgan fingerprint density at radius 2 is 1.72 bits per heavy atom. The highest BCUT2D eigenvalue weighted by Gasteiger charge is 2.30. The van der Waals surface area contributed by atoms with Crippen molar-refractivity contribution in [2.75, 3.05) is 6.61 Å². The van der Waals surface area contributed by atoms with E-state index < -0.39 is 43.0 Å². The van der Waals surface area contributed by atoms with Gasteiger partial charge < -0.3 is 25.2 Å². The Balaban J connectivity index is 4.30. The summed E-state index contributed by atoms with van der Waals surface area (Å²) in [6.45, 7) is -0.226. The summed E-state index contributed by atoms with van der Waals surface area (Å²) in [5.41, 5.74) is 0. The van der Waals surface area contributed by atoms with Gasteiger partial charge in [0.1, 0.15) is 6.10 Å². The minimum Gasteiger partial charge on any atom is -0.481 e. The van der Waals surface area contributed by atoms with Gasteiger partial charge >= 0.3 is 17.9 Å². The van der Waals surface area contributed by atoms with Gasteiger partial charge in [-0.15, -0.1) is 0 Å². The summed E-state index contributed by atoms with van der Waals surface area (Å²) in [4.78, 5) is 32.1. The Morgan fingerprint density at radius 3 is 2.17 bits per heavy atom. The number of carbonyl (C=O) groups is 3. The Bertz CT molecular complexity index is 300. The summed E-state index contributed by atoms with van der Waals surface area (Å²) < 4.78 is 4.49. The number of carboxylic acids is 2. The standard InChI is InChI=1S/C10H16O8/c11-5-1-2-6(12)9(10(16)17)18-8(15)4-3-7(13)14/h6,9,11-12H,1-5H2,(H,13,14)(H,16,17). The summed E-state index contributed by atoms with van der Waals surface area (Å²) in [5.74, 6) is -3.74. The molecule has 0 rings (SSSR count). The molecule has 8 heteroatoms. The monoisotopic (exact) mass is 264 g/mol. The molecule has 0 bridgehead atoms. The predicted molar refractivity (Wildman–Crippen MR) is 56.7 cm³/mol. The second kappa shape index (κ2) is 8.43. The molecule has 4 N–H and O–H groups in total. The van der Waals surface area contributed by atoms with Crippen molar-refractivity contribution in [2.45, 2.75) is 37.9 Å². The van der Waals surface area contributed by atoms with Gasteiger partial charge in [0.25, 0.3) is 0 Å². The predicted octanol–water partition coefficient (Wildman–Crippen LogP) is -1.02. The maximum Gasteiger partial charge on any atom is 0.347 e. The van der Waals surface area contributed by atoms with Crippen LogP contribution in [0.25, 0.3) is 0 Å². The van der Waals surface area contributed by atoms with Gasteiger partial charge in [0.05, 0.1) is 12.8 Å². The zero-order valence-electron chi connectivity index (χ0n) is 9.61. The van der Waals surface area contributed by atoms with Crippen LogP contribution in [-0.4, -0.2) is 57.1 Å². The number of carboxylic acid groups (broad SMARTS) is 2.